The third-order valence-electron chi connectivity index (χ3n) is 4.42. The molecule has 1 aromatic heterocycles. The highest BCUT2D eigenvalue weighted by Gasteiger charge is 2.16. The molecule has 0 saturated carbocycles. The van der Waals surface area contributed by atoms with Crippen LogP contribution in [0.4, 0.5) is 0 Å². The number of ether oxygens (including phenoxy) is 1. The lowest BCUT2D eigenvalue weighted by molar-refractivity contribution is -0.917. The quantitative estimate of drug-likeness (QED) is 0.451. The Morgan fingerprint density at radius 2 is 2.00 bits per heavy atom. The van der Waals surface area contributed by atoms with Gasteiger partial charge in [0.15, 0.2) is 12.5 Å². The Hall–Kier alpha value is -2.41. The Kier molecular flexibility index (Phi) is 6.67. The van der Waals surface area contributed by atoms with E-state index in [1.807, 2.05) is 63.9 Å². The van der Waals surface area contributed by atoms with Crippen molar-refractivity contribution in [2.24, 2.45) is 0 Å². The predicted molar refractivity (Wildman–Crippen MR) is 115 cm³/mol. The van der Waals surface area contributed by atoms with Crippen LogP contribution in [0.5, 0.6) is 5.75 Å². The molecular weight excluding hydrogens is 392 g/mol. The molecule has 5 nitrogen and oxygen atoms in total. The molecule has 7 heteroatoms. The van der Waals surface area contributed by atoms with E-state index in [2.05, 4.69) is 13.6 Å². The molecule has 0 bridgehead atoms. The van der Waals surface area contributed by atoms with Gasteiger partial charge in [-0.2, -0.15) is 4.68 Å². The average molecular weight is 416 g/mol. The third-order valence-corrected chi connectivity index (χ3v) is 5.09. The fraction of sp³-hybridized carbons (Fsp3) is 0.238. The number of quaternary nitrogens is 1. The summed E-state index contributed by atoms with van der Waals surface area (Å²) in [5.41, 5.74) is 2.08. The maximum atomic E-state index is 6.16. The van der Waals surface area contributed by atoms with Crippen molar-refractivity contribution >= 4 is 23.8 Å². The summed E-state index contributed by atoms with van der Waals surface area (Å²) in [4.78, 5) is 1.21. The van der Waals surface area contributed by atoms with Crippen molar-refractivity contribution in [1.82, 2.24) is 14.3 Å². The summed E-state index contributed by atoms with van der Waals surface area (Å²) in [5, 5.41) is 5.49. The van der Waals surface area contributed by atoms with E-state index in [1.165, 1.54) is 4.90 Å². The molecule has 3 aromatic rings. The first-order chi connectivity index (χ1) is 13.5. The van der Waals surface area contributed by atoms with Crippen LogP contribution in [0.3, 0.4) is 0 Å². The number of nitrogens with zero attached hydrogens (tertiary/aromatic N) is 3. The molecule has 28 heavy (non-hydrogen) atoms. The highest BCUT2D eigenvalue weighted by Crippen LogP contribution is 2.22. The Balaban J connectivity index is 1.87. The normalized spacial score (nSPS) is 12.0. The summed E-state index contributed by atoms with van der Waals surface area (Å²) in [7, 11) is 3.76. The Bertz CT molecular complexity index is 1010. The molecule has 0 aliphatic rings. The number of methoxy groups -OCH3 is 1. The van der Waals surface area contributed by atoms with E-state index < -0.39 is 0 Å². The second-order valence-electron chi connectivity index (χ2n) is 6.62. The summed E-state index contributed by atoms with van der Waals surface area (Å²) in [6.07, 6.45) is 1.83. The number of hydrogen-bond donors (Lipinski definition) is 1. The van der Waals surface area contributed by atoms with E-state index in [-0.39, 0.29) is 0 Å². The number of hydrogen-bond acceptors (Lipinski definition) is 3. The van der Waals surface area contributed by atoms with Crippen molar-refractivity contribution in [3.8, 4) is 17.1 Å². The second kappa shape index (κ2) is 9.19. The zero-order valence-corrected chi connectivity index (χ0v) is 17.6. The van der Waals surface area contributed by atoms with Crippen LogP contribution in [-0.2, 0) is 19.8 Å². The predicted octanol–water partition coefficient (Wildman–Crippen LogP) is 3.60. The molecule has 0 saturated heterocycles. The van der Waals surface area contributed by atoms with Gasteiger partial charge in [-0.15, -0.1) is 11.7 Å². The molecule has 0 spiro atoms. The molecule has 1 heterocycles. The van der Waals surface area contributed by atoms with Crippen molar-refractivity contribution in [2.75, 3.05) is 14.2 Å². The molecule has 0 amide bonds. The van der Waals surface area contributed by atoms with E-state index >= 15 is 0 Å². The minimum absolute atomic E-state index is 0.615. The molecule has 0 aliphatic heterocycles. The van der Waals surface area contributed by atoms with Crippen LogP contribution in [0.1, 0.15) is 5.56 Å². The lowest BCUT2D eigenvalue weighted by Gasteiger charge is -2.16. The number of halogens is 1. The van der Waals surface area contributed by atoms with Crippen molar-refractivity contribution in [1.29, 1.82) is 0 Å². The number of nitrogens with one attached hydrogen (secondary N) is 1. The van der Waals surface area contributed by atoms with Gasteiger partial charge in [0.05, 0.1) is 14.2 Å². The monoisotopic (exact) mass is 415 g/mol. The van der Waals surface area contributed by atoms with Gasteiger partial charge >= 0.3 is 0 Å². The second-order valence-corrected chi connectivity index (χ2v) is 7.42. The minimum Gasteiger partial charge on any atom is -0.496 e. The first-order valence-corrected chi connectivity index (χ1v) is 9.79. The standard InChI is InChI=1S/C21H23ClN4OS/c1-4-12-25-20(16-8-6-5-7-9-16)23-26(21(25)28)15-24(2)14-17-13-18(22)10-11-19(17)27-3/h4-11,13H,1,12,14-15H2,2-3H3/p+1. The maximum Gasteiger partial charge on any atom is 0.203 e. The molecule has 1 atom stereocenters. The number of rotatable bonds is 8. The van der Waals surface area contributed by atoms with Gasteiger partial charge in [0, 0.05) is 22.7 Å². The van der Waals surface area contributed by atoms with E-state index in [9.17, 15) is 0 Å². The van der Waals surface area contributed by atoms with Gasteiger partial charge in [-0.3, -0.25) is 4.57 Å². The minimum atomic E-state index is 0.615. The van der Waals surface area contributed by atoms with Crippen molar-refractivity contribution in [2.45, 2.75) is 19.8 Å². The van der Waals surface area contributed by atoms with Gasteiger partial charge < -0.3 is 9.64 Å². The maximum absolute atomic E-state index is 6.16. The smallest absolute Gasteiger partial charge is 0.203 e. The number of aromatic nitrogens is 3. The Morgan fingerprint density at radius 3 is 2.68 bits per heavy atom. The molecular formula is C21H24ClN4OS+. The summed E-state index contributed by atoms with van der Waals surface area (Å²) in [5.74, 6) is 1.67. The van der Waals surface area contributed by atoms with Crippen LogP contribution in [0, 0.1) is 4.77 Å². The fourth-order valence-electron chi connectivity index (χ4n) is 3.16. The molecule has 0 fully saturated rings. The van der Waals surface area contributed by atoms with E-state index in [0.717, 1.165) is 29.2 Å². The lowest BCUT2D eigenvalue weighted by Crippen LogP contribution is -3.07. The van der Waals surface area contributed by atoms with Crippen LogP contribution < -0.4 is 9.64 Å². The highest BCUT2D eigenvalue weighted by atomic mass is 35.5. The third kappa shape index (κ3) is 4.52. The molecule has 2 aromatic carbocycles. The van der Waals surface area contributed by atoms with Crippen molar-refractivity contribution in [3.05, 3.63) is 76.5 Å². The lowest BCUT2D eigenvalue weighted by atomic mass is 10.2. The first kappa shape index (κ1) is 20.3. The zero-order valence-electron chi connectivity index (χ0n) is 16.1. The van der Waals surface area contributed by atoms with Gasteiger partial charge in [0.1, 0.15) is 12.3 Å². The summed E-state index contributed by atoms with van der Waals surface area (Å²) >= 11 is 11.8. The molecule has 146 valence electrons. The summed E-state index contributed by atoms with van der Waals surface area (Å²) in [6, 6.07) is 15.7. The van der Waals surface area contributed by atoms with Gasteiger partial charge in [0.25, 0.3) is 0 Å². The SMILES string of the molecule is C=CCn1c(-c2ccccc2)nn(C[NH+](C)Cc2cc(Cl)ccc2OC)c1=S. The molecule has 1 unspecified atom stereocenters. The number of allylic oxidation sites excluding steroid dienone is 1. The topological polar surface area (TPSA) is 36.4 Å². The highest BCUT2D eigenvalue weighted by molar-refractivity contribution is 7.71. The van der Waals surface area contributed by atoms with Crippen LogP contribution in [0.15, 0.2) is 61.2 Å². The zero-order chi connectivity index (χ0) is 20.1. The van der Waals surface area contributed by atoms with Gasteiger partial charge in [-0.05, 0) is 30.4 Å². The first-order valence-electron chi connectivity index (χ1n) is 9.01. The van der Waals surface area contributed by atoms with Gasteiger partial charge in [-0.1, -0.05) is 48.0 Å². The van der Waals surface area contributed by atoms with Crippen molar-refractivity contribution in [3.63, 3.8) is 0 Å². The Morgan fingerprint density at radius 1 is 1.25 bits per heavy atom. The molecule has 0 aliphatic carbocycles. The molecule has 1 N–H and O–H groups in total. The van der Waals surface area contributed by atoms with Gasteiger partial charge in [0.2, 0.25) is 4.77 Å². The van der Waals surface area contributed by atoms with Crippen molar-refractivity contribution < 1.29 is 9.64 Å². The van der Waals surface area contributed by atoms with E-state index in [4.69, 9.17) is 33.7 Å². The molecule has 0 radical (unpaired) electrons. The van der Waals surface area contributed by atoms with Crippen LogP contribution in [-0.4, -0.2) is 28.5 Å². The van der Waals surface area contributed by atoms with E-state index in [1.54, 1.807) is 7.11 Å². The summed E-state index contributed by atoms with van der Waals surface area (Å²) in [6.45, 7) is 5.82. The van der Waals surface area contributed by atoms with E-state index in [0.29, 0.717) is 23.0 Å². The fourth-order valence-corrected chi connectivity index (χ4v) is 3.62. The van der Waals surface area contributed by atoms with Crippen LogP contribution >= 0.6 is 23.8 Å². The van der Waals surface area contributed by atoms with Crippen LogP contribution in [0.2, 0.25) is 5.02 Å². The van der Waals surface area contributed by atoms with Crippen LogP contribution in [0.25, 0.3) is 11.4 Å². The van der Waals surface area contributed by atoms with Gasteiger partial charge in [-0.25, -0.2) is 0 Å². The Labute approximate surface area is 175 Å². The largest absolute Gasteiger partial charge is 0.496 e. The summed E-state index contributed by atoms with van der Waals surface area (Å²) < 4.78 is 10.0. The molecule has 3 rings (SSSR count). The average Bonchev–Trinajstić information content (AvgIpc) is 2.99. The number of benzene rings is 2.